The molecule has 6 rings (SSSR count). The van der Waals surface area contributed by atoms with Crippen molar-refractivity contribution in [2.45, 2.75) is 46.3 Å². The van der Waals surface area contributed by atoms with Crippen LogP contribution in [0.3, 0.4) is 0 Å². The lowest BCUT2D eigenvalue weighted by molar-refractivity contribution is -0.142. The molecule has 3 aromatic carbocycles. The van der Waals surface area contributed by atoms with E-state index in [-0.39, 0.29) is 24.3 Å². The van der Waals surface area contributed by atoms with Gasteiger partial charge < -0.3 is 24.3 Å². The van der Waals surface area contributed by atoms with Crippen LogP contribution in [-0.4, -0.2) is 57.6 Å². The normalized spacial score (nSPS) is 15.1. The van der Waals surface area contributed by atoms with E-state index in [4.69, 9.17) is 21.1 Å². The molecule has 1 aliphatic rings. The lowest BCUT2D eigenvalue weighted by atomic mass is 9.97. The van der Waals surface area contributed by atoms with E-state index >= 15 is 0 Å². The molecule has 240 valence electrons. The van der Waals surface area contributed by atoms with Crippen molar-refractivity contribution < 1.29 is 19.1 Å². The third kappa shape index (κ3) is 7.00. The molecule has 1 fully saturated rings. The molecule has 10 nitrogen and oxygen atoms in total. The number of rotatable bonds is 7. The summed E-state index contributed by atoms with van der Waals surface area (Å²) in [7, 11) is 0. The Morgan fingerprint density at radius 3 is 2.57 bits per heavy atom. The van der Waals surface area contributed by atoms with E-state index in [1.807, 2.05) is 98.6 Å². The molecule has 11 heteroatoms. The molecule has 1 saturated heterocycles. The number of anilines is 1. The molecule has 3 heterocycles. The maximum Gasteiger partial charge on any atom is 0.410 e. The van der Waals surface area contributed by atoms with Crippen LogP contribution in [0.15, 0.2) is 72.9 Å². The van der Waals surface area contributed by atoms with E-state index in [2.05, 4.69) is 21.0 Å². The molecule has 0 bridgehead atoms. The average molecular weight is 651 g/mol. The summed E-state index contributed by atoms with van der Waals surface area (Å²) in [5.74, 6) is 0.772. The first-order chi connectivity index (χ1) is 22.6. The highest BCUT2D eigenvalue weighted by molar-refractivity contribution is 6.28. The number of hydrogen-bond donors (Lipinski definition) is 1. The summed E-state index contributed by atoms with van der Waals surface area (Å²) in [5.41, 5.74) is 3.48. The predicted octanol–water partition coefficient (Wildman–Crippen LogP) is 7.05. The molecule has 2 aromatic heterocycles. The van der Waals surface area contributed by atoms with Gasteiger partial charge in [0.15, 0.2) is 5.82 Å². The number of aromatic amines is 1. The fraction of sp³-hybridized carbons (Fsp3) is 0.306. The van der Waals surface area contributed by atoms with Gasteiger partial charge in [-0.05, 0) is 66.4 Å². The number of fused-ring (bicyclic) bond motifs is 2. The van der Waals surface area contributed by atoms with Crippen molar-refractivity contribution in [3.63, 3.8) is 0 Å². The maximum absolute atomic E-state index is 13.1. The van der Waals surface area contributed by atoms with E-state index in [0.29, 0.717) is 48.7 Å². The number of H-pyrrole nitrogens is 1. The molecule has 1 aliphatic heterocycles. The van der Waals surface area contributed by atoms with Crippen LogP contribution in [0.1, 0.15) is 43.9 Å². The Labute approximate surface area is 277 Å². The third-order valence-corrected chi connectivity index (χ3v) is 8.40. The number of carbonyl (C=O) groups is 2. The van der Waals surface area contributed by atoms with Gasteiger partial charge in [0.05, 0.1) is 29.5 Å². The van der Waals surface area contributed by atoms with Crippen molar-refractivity contribution in [2.24, 2.45) is 5.41 Å². The van der Waals surface area contributed by atoms with Gasteiger partial charge in [0.2, 0.25) is 5.28 Å². The average Bonchev–Trinajstić information content (AvgIpc) is 3.45. The summed E-state index contributed by atoms with van der Waals surface area (Å²) in [4.78, 5) is 41.9. The number of benzene rings is 3. The minimum atomic E-state index is -0.646. The molecule has 0 radical (unpaired) electrons. The van der Waals surface area contributed by atoms with Crippen LogP contribution in [0, 0.1) is 16.7 Å². The van der Waals surface area contributed by atoms with Gasteiger partial charge >= 0.3 is 12.1 Å². The van der Waals surface area contributed by atoms with Crippen LogP contribution < -0.4 is 9.64 Å². The van der Waals surface area contributed by atoms with Crippen molar-refractivity contribution in [3.05, 3.63) is 94.9 Å². The third-order valence-electron chi connectivity index (χ3n) is 8.23. The number of piperazine rings is 1. The predicted molar refractivity (Wildman–Crippen MR) is 180 cm³/mol. The monoisotopic (exact) mass is 650 g/mol. The Kier molecular flexibility index (Phi) is 9.01. The Morgan fingerprint density at radius 1 is 1.04 bits per heavy atom. The Balaban J connectivity index is 1.26. The van der Waals surface area contributed by atoms with E-state index in [0.717, 1.165) is 27.5 Å². The van der Waals surface area contributed by atoms with E-state index in [9.17, 15) is 14.9 Å². The smallest absolute Gasteiger partial charge is 0.410 e. The zero-order valence-corrected chi connectivity index (χ0v) is 27.3. The van der Waals surface area contributed by atoms with Gasteiger partial charge in [-0.2, -0.15) is 10.2 Å². The second-order valence-electron chi connectivity index (χ2n) is 12.7. The zero-order chi connectivity index (χ0) is 33.1. The van der Waals surface area contributed by atoms with Gasteiger partial charge in [0.25, 0.3) is 0 Å². The van der Waals surface area contributed by atoms with Crippen LogP contribution in [0.25, 0.3) is 21.8 Å². The number of hydrogen-bond acceptors (Lipinski definition) is 8. The van der Waals surface area contributed by atoms with Gasteiger partial charge in [-0.25, -0.2) is 9.78 Å². The Morgan fingerprint density at radius 2 is 1.81 bits per heavy atom. The molecule has 5 aromatic rings. The topological polar surface area (TPSA) is 124 Å². The molecule has 0 aliphatic carbocycles. The molecule has 1 atom stereocenters. The first-order valence-electron chi connectivity index (χ1n) is 15.5. The number of amides is 1. The van der Waals surface area contributed by atoms with Crippen molar-refractivity contribution in [3.8, 4) is 11.8 Å². The number of nitrogens with zero attached hydrogens (tertiary/aromatic N) is 5. The largest absolute Gasteiger partial charge is 0.445 e. The Bertz CT molecular complexity index is 1980. The second kappa shape index (κ2) is 13.3. The summed E-state index contributed by atoms with van der Waals surface area (Å²) in [6.45, 7) is 6.81. The van der Waals surface area contributed by atoms with Crippen molar-refractivity contribution in [1.82, 2.24) is 19.9 Å². The highest BCUT2D eigenvalue weighted by atomic mass is 35.5. The van der Waals surface area contributed by atoms with E-state index < -0.39 is 17.6 Å². The fourth-order valence-electron chi connectivity index (χ4n) is 5.78. The van der Waals surface area contributed by atoms with E-state index in [1.54, 1.807) is 4.90 Å². The number of aromatic nitrogens is 3. The molecule has 0 spiro atoms. The van der Waals surface area contributed by atoms with Crippen LogP contribution in [0.2, 0.25) is 5.28 Å². The molecule has 1 unspecified atom stereocenters. The number of nitriles is 1. The van der Waals surface area contributed by atoms with Crippen LogP contribution >= 0.6 is 11.6 Å². The lowest BCUT2D eigenvalue weighted by Crippen LogP contribution is -2.55. The van der Waals surface area contributed by atoms with E-state index in [1.165, 1.54) is 0 Å². The van der Waals surface area contributed by atoms with Crippen LogP contribution in [0.4, 0.5) is 10.6 Å². The minimum Gasteiger partial charge on any atom is -0.445 e. The maximum atomic E-state index is 13.1. The SMILES string of the molecule is CC(C)(C)C(=O)Oc1cc(Cc2c[nH]c3c(N4CCN(C(=O)OCc5ccccc5)C(CC#N)C4)nc(Cl)nc23)c2ccccc2c1. The quantitative estimate of drug-likeness (QED) is 0.113. The summed E-state index contributed by atoms with van der Waals surface area (Å²) in [5, 5.41) is 11.7. The second-order valence-corrected chi connectivity index (χ2v) is 13.0. The van der Waals surface area contributed by atoms with Gasteiger partial charge in [-0.1, -0.05) is 54.6 Å². The Hall–Kier alpha value is -5.14. The van der Waals surface area contributed by atoms with Gasteiger partial charge in [0, 0.05) is 37.8 Å². The summed E-state index contributed by atoms with van der Waals surface area (Å²) in [6.07, 6.45) is 2.07. The van der Waals surface area contributed by atoms with Crippen LogP contribution in [-0.2, 0) is 22.6 Å². The molecule has 1 N–H and O–H groups in total. The highest BCUT2D eigenvalue weighted by Gasteiger charge is 2.33. The first kappa shape index (κ1) is 31.8. The summed E-state index contributed by atoms with van der Waals surface area (Å²) < 4.78 is 11.4. The minimum absolute atomic E-state index is 0.0904. The van der Waals surface area contributed by atoms with Gasteiger partial charge in [-0.15, -0.1) is 0 Å². The summed E-state index contributed by atoms with van der Waals surface area (Å²) in [6, 6.07) is 23.0. The standard InChI is InChI=1S/C36H35ClN6O4/c1-36(2,3)33(44)47-28-18-24-11-7-8-12-29(24)25(19-28)17-26-20-39-31-30(26)40-34(37)41-32(31)42-15-16-43(27(21-42)13-14-38)35(45)46-22-23-9-5-4-6-10-23/h4-12,18-20,27,39H,13,15-17,21-22H2,1-3H3. The molecule has 1 amide bonds. The molecular formula is C36H35ClN6O4. The van der Waals surface area contributed by atoms with Crippen LogP contribution in [0.5, 0.6) is 5.75 Å². The number of nitrogens with one attached hydrogen (secondary N) is 1. The molecule has 0 saturated carbocycles. The fourth-order valence-corrected chi connectivity index (χ4v) is 5.94. The summed E-state index contributed by atoms with van der Waals surface area (Å²) >= 11 is 6.51. The van der Waals surface area contributed by atoms with Crippen molar-refractivity contribution in [2.75, 3.05) is 24.5 Å². The number of carbonyl (C=O) groups excluding carboxylic acids is 2. The zero-order valence-electron chi connectivity index (χ0n) is 26.5. The van der Waals surface area contributed by atoms with Gasteiger partial charge in [-0.3, -0.25) is 4.79 Å². The molecular weight excluding hydrogens is 616 g/mol. The number of halogens is 1. The van der Waals surface area contributed by atoms with Crippen molar-refractivity contribution >= 4 is 51.3 Å². The van der Waals surface area contributed by atoms with Crippen molar-refractivity contribution in [1.29, 1.82) is 5.26 Å². The number of ether oxygens (including phenoxy) is 2. The number of esters is 1. The highest BCUT2D eigenvalue weighted by Crippen LogP contribution is 2.33. The molecule has 47 heavy (non-hydrogen) atoms. The lowest BCUT2D eigenvalue weighted by Gasteiger charge is -2.40. The van der Waals surface area contributed by atoms with Gasteiger partial charge in [0.1, 0.15) is 17.9 Å². The first-order valence-corrected chi connectivity index (χ1v) is 15.8.